The summed E-state index contributed by atoms with van der Waals surface area (Å²) in [5.41, 5.74) is 8.04. The van der Waals surface area contributed by atoms with Crippen LogP contribution in [0.25, 0.3) is 22.8 Å². The Labute approximate surface area is 128 Å². The summed E-state index contributed by atoms with van der Waals surface area (Å²) in [4.78, 5) is 4.36. The second kappa shape index (κ2) is 5.26. The molecule has 6 heteroatoms. The number of nitrogen functional groups attached to an aromatic ring is 1. The average molecular weight is 351 g/mol. The lowest BCUT2D eigenvalue weighted by Gasteiger charge is -1.99. The smallest absolute Gasteiger partial charge is 0.258 e. The molecule has 0 aliphatic rings. The maximum atomic E-state index is 5.96. The van der Waals surface area contributed by atoms with Crippen molar-refractivity contribution in [1.29, 1.82) is 0 Å². The highest BCUT2D eigenvalue weighted by atomic mass is 79.9. The number of nitrogens with two attached hydrogens (primary N) is 1. The molecule has 1 heterocycles. The monoisotopic (exact) mass is 349 g/mol. The van der Waals surface area contributed by atoms with Gasteiger partial charge in [-0.3, -0.25) is 0 Å². The Hall–Kier alpha value is -1.85. The van der Waals surface area contributed by atoms with Gasteiger partial charge in [0.15, 0.2) is 0 Å². The standard InChI is InChI=1S/C14H9BrClN3O/c15-10-7-8(5-6-11(10)16)14-18-13(19-20-14)9-3-1-2-4-12(9)17/h1-7H,17H2. The second-order valence-electron chi connectivity index (χ2n) is 4.14. The van der Waals surface area contributed by atoms with E-state index >= 15 is 0 Å². The summed E-state index contributed by atoms with van der Waals surface area (Å²) >= 11 is 9.32. The van der Waals surface area contributed by atoms with E-state index in [4.69, 9.17) is 21.9 Å². The van der Waals surface area contributed by atoms with Gasteiger partial charge in [0.05, 0.1) is 5.02 Å². The summed E-state index contributed by atoms with van der Waals surface area (Å²) in [6, 6.07) is 12.8. The lowest BCUT2D eigenvalue weighted by atomic mass is 10.2. The number of rotatable bonds is 2. The molecular formula is C14H9BrClN3O. The van der Waals surface area contributed by atoms with Gasteiger partial charge in [-0.25, -0.2) is 0 Å². The summed E-state index contributed by atoms with van der Waals surface area (Å²) < 4.78 is 6.05. The summed E-state index contributed by atoms with van der Waals surface area (Å²) in [5, 5.41) is 4.59. The average Bonchev–Trinajstić information content (AvgIpc) is 2.92. The third-order valence-electron chi connectivity index (χ3n) is 2.79. The fraction of sp³-hybridized carbons (Fsp3) is 0. The number of nitrogens with zero attached hydrogens (tertiary/aromatic N) is 2. The zero-order chi connectivity index (χ0) is 14.1. The second-order valence-corrected chi connectivity index (χ2v) is 5.40. The maximum absolute atomic E-state index is 5.96. The predicted molar refractivity (Wildman–Crippen MR) is 82.3 cm³/mol. The van der Waals surface area contributed by atoms with Crippen LogP contribution < -0.4 is 5.73 Å². The minimum atomic E-state index is 0.417. The highest BCUT2D eigenvalue weighted by Gasteiger charge is 2.13. The van der Waals surface area contributed by atoms with Crippen LogP contribution in [0.3, 0.4) is 0 Å². The van der Waals surface area contributed by atoms with E-state index in [0.717, 1.165) is 15.6 Å². The first kappa shape index (κ1) is 13.1. The number of para-hydroxylation sites is 1. The Balaban J connectivity index is 2.02. The Morgan fingerprint density at radius 3 is 2.70 bits per heavy atom. The van der Waals surface area contributed by atoms with Crippen LogP contribution in [-0.2, 0) is 0 Å². The molecule has 0 unspecified atom stereocenters. The van der Waals surface area contributed by atoms with Crippen molar-refractivity contribution in [2.75, 3.05) is 5.73 Å². The fourth-order valence-electron chi connectivity index (χ4n) is 1.78. The number of aromatic nitrogens is 2. The first-order valence-electron chi connectivity index (χ1n) is 5.79. The Morgan fingerprint density at radius 2 is 1.95 bits per heavy atom. The van der Waals surface area contributed by atoms with Crippen molar-refractivity contribution in [1.82, 2.24) is 10.1 Å². The van der Waals surface area contributed by atoms with Crippen LogP contribution in [0.1, 0.15) is 0 Å². The van der Waals surface area contributed by atoms with Gasteiger partial charge in [0, 0.05) is 21.3 Å². The molecule has 2 N–H and O–H groups in total. The normalized spacial score (nSPS) is 10.7. The van der Waals surface area contributed by atoms with Gasteiger partial charge in [-0.2, -0.15) is 4.98 Å². The van der Waals surface area contributed by atoms with E-state index in [0.29, 0.717) is 22.4 Å². The molecule has 0 atom stereocenters. The molecule has 20 heavy (non-hydrogen) atoms. The number of benzene rings is 2. The van der Waals surface area contributed by atoms with Crippen LogP contribution in [-0.4, -0.2) is 10.1 Å². The van der Waals surface area contributed by atoms with Crippen LogP contribution in [0.15, 0.2) is 51.5 Å². The summed E-state index contributed by atoms with van der Waals surface area (Å²) in [6.45, 7) is 0. The minimum Gasteiger partial charge on any atom is -0.398 e. The van der Waals surface area contributed by atoms with E-state index in [1.807, 2.05) is 30.3 Å². The Bertz CT molecular complexity index is 773. The molecule has 0 radical (unpaired) electrons. The van der Waals surface area contributed by atoms with E-state index in [1.54, 1.807) is 12.1 Å². The molecule has 0 saturated carbocycles. The molecule has 0 fully saturated rings. The molecule has 0 aliphatic heterocycles. The van der Waals surface area contributed by atoms with Gasteiger partial charge >= 0.3 is 0 Å². The van der Waals surface area contributed by atoms with Gasteiger partial charge in [-0.1, -0.05) is 28.9 Å². The molecule has 0 bridgehead atoms. The van der Waals surface area contributed by atoms with E-state index in [2.05, 4.69) is 26.1 Å². The van der Waals surface area contributed by atoms with E-state index in [-0.39, 0.29) is 0 Å². The Morgan fingerprint density at radius 1 is 1.15 bits per heavy atom. The molecule has 0 spiro atoms. The first-order chi connectivity index (χ1) is 9.65. The molecule has 4 nitrogen and oxygen atoms in total. The van der Waals surface area contributed by atoms with Crippen LogP contribution >= 0.6 is 27.5 Å². The molecule has 3 aromatic rings. The molecular weight excluding hydrogens is 342 g/mol. The van der Waals surface area contributed by atoms with Gasteiger partial charge in [-0.05, 0) is 46.3 Å². The largest absolute Gasteiger partial charge is 0.398 e. The van der Waals surface area contributed by atoms with Crippen LogP contribution in [0.5, 0.6) is 0 Å². The molecule has 3 rings (SSSR count). The number of hydrogen-bond acceptors (Lipinski definition) is 4. The Kier molecular flexibility index (Phi) is 3.46. The zero-order valence-electron chi connectivity index (χ0n) is 10.2. The third-order valence-corrected chi connectivity index (χ3v) is 4.01. The maximum Gasteiger partial charge on any atom is 0.258 e. The van der Waals surface area contributed by atoms with Crippen molar-refractivity contribution < 1.29 is 4.52 Å². The van der Waals surface area contributed by atoms with Crippen LogP contribution in [0.2, 0.25) is 5.02 Å². The van der Waals surface area contributed by atoms with Crippen molar-refractivity contribution >= 4 is 33.2 Å². The minimum absolute atomic E-state index is 0.417. The van der Waals surface area contributed by atoms with Gasteiger partial charge in [0.2, 0.25) is 5.82 Å². The van der Waals surface area contributed by atoms with E-state index in [1.165, 1.54) is 0 Å². The number of anilines is 1. The van der Waals surface area contributed by atoms with Crippen molar-refractivity contribution in [3.8, 4) is 22.8 Å². The number of halogens is 2. The lowest BCUT2D eigenvalue weighted by Crippen LogP contribution is -1.90. The fourth-order valence-corrected chi connectivity index (χ4v) is 2.28. The highest BCUT2D eigenvalue weighted by molar-refractivity contribution is 9.10. The highest BCUT2D eigenvalue weighted by Crippen LogP contribution is 2.30. The van der Waals surface area contributed by atoms with E-state index in [9.17, 15) is 0 Å². The van der Waals surface area contributed by atoms with Gasteiger partial charge in [0.25, 0.3) is 5.89 Å². The molecule has 0 saturated heterocycles. The molecule has 100 valence electrons. The third kappa shape index (κ3) is 2.42. The van der Waals surface area contributed by atoms with Crippen molar-refractivity contribution in [3.63, 3.8) is 0 Å². The summed E-state index contributed by atoms with van der Waals surface area (Å²) in [5.74, 6) is 0.879. The predicted octanol–water partition coefficient (Wildman–Crippen LogP) is 4.40. The molecule has 0 aliphatic carbocycles. The van der Waals surface area contributed by atoms with Crippen LogP contribution in [0.4, 0.5) is 5.69 Å². The van der Waals surface area contributed by atoms with Gasteiger partial charge in [-0.15, -0.1) is 0 Å². The van der Waals surface area contributed by atoms with Gasteiger partial charge < -0.3 is 10.3 Å². The topological polar surface area (TPSA) is 64.9 Å². The lowest BCUT2D eigenvalue weighted by molar-refractivity contribution is 0.432. The summed E-state index contributed by atoms with van der Waals surface area (Å²) in [6.07, 6.45) is 0. The zero-order valence-corrected chi connectivity index (χ0v) is 12.5. The van der Waals surface area contributed by atoms with Crippen molar-refractivity contribution in [3.05, 3.63) is 52.0 Å². The van der Waals surface area contributed by atoms with Gasteiger partial charge in [0.1, 0.15) is 0 Å². The first-order valence-corrected chi connectivity index (χ1v) is 6.96. The van der Waals surface area contributed by atoms with E-state index < -0.39 is 0 Å². The SMILES string of the molecule is Nc1ccccc1-c1noc(-c2ccc(Cl)c(Br)c2)n1. The van der Waals surface area contributed by atoms with Crippen molar-refractivity contribution in [2.24, 2.45) is 0 Å². The number of hydrogen-bond donors (Lipinski definition) is 1. The quantitative estimate of drug-likeness (QED) is 0.696. The van der Waals surface area contributed by atoms with Crippen LogP contribution in [0, 0.1) is 0 Å². The molecule has 0 amide bonds. The van der Waals surface area contributed by atoms with Crippen molar-refractivity contribution in [2.45, 2.75) is 0 Å². The molecule has 2 aromatic carbocycles. The summed E-state index contributed by atoms with van der Waals surface area (Å²) in [7, 11) is 0. The molecule has 1 aromatic heterocycles.